The summed E-state index contributed by atoms with van der Waals surface area (Å²) in [7, 11) is 0. The van der Waals surface area contributed by atoms with Gasteiger partial charge in [0.15, 0.2) is 5.60 Å². The number of morpholine rings is 1. The van der Waals surface area contributed by atoms with Crippen LogP contribution in [0.15, 0.2) is 0 Å². The maximum Gasteiger partial charge on any atom is 0.410 e. The number of likely N-dealkylation sites (tertiary alicyclic amines) is 1. The van der Waals surface area contributed by atoms with Crippen LogP contribution in [-0.2, 0) is 14.3 Å². The zero-order valence-corrected chi connectivity index (χ0v) is 10.2. The molecule has 6 heteroatoms. The van der Waals surface area contributed by atoms with E-state index < -0.39 is 23.3 Å². The van der Waals surface area contributed by atoms with Crippen molar-refractivity contribution >= 4 is 12.1 Å². The Balaban J connectivity index is 2.07. The second-order valence-electron chi connectivity index (χ2n) is 5.58. The van der Waals surface area contributed by atoms with Gasteiger partial charge in [-0.1, -0.05) is 0 Å². The molecule has 17 heavy (non-hydrogen) atoms. The molecule has 1 amide bonds. The van der Waals surface area contributed by atoms with Gasteiger partial charge >= 0.3 is 12.1 Å². The fraction of sp³-hybridized carbons (Fsp3) is 0.818. The summed E-state index contributed by atoms with van der Waals surface area (Å²) < 4.78 is 10.5. The van der Waals surface area contributed by atoms with Crippen molar-refractivity contribution in [2.24, 2.45) is 0 Å². The van der Waals surface area contributed by atoms with Crippen molar-refractivity contribution in [2.75, 3.05) is 13.2 Å². The number of carboxylic acid groups (broad SMARTS) is 1. The fourth-order valence-electron chi connectivity index (χ4n) is 2.22. The van der Waals surface area contributed by atoms with Crippen LogP contribution in [0.4, 0.5) is 4.79 Å². The summed E-state index contributed by atoms with van der Waals surface area (Å²) in [5.74, 6) is -1.01. The van der Waals surface area contributed by atoms with E-state index in [0.29, 0.717) is 6.42 Å². The molecule has 2 atom stereocenters. The Hall–Kier alpha value is -1.30. The normalized spacial score (nSPS) is 31.7. The minimum absolute atomic E-state index is 0.0713. The number of hydrogen-bond acceptors (Lipinski definition) is 4. The lowest BCUT2D eigenvalue weighted by atomic mass is 10.0. The van der Waals surface area contributed by atoms with Crippen LogP contribution in [0.1, 0.15) is 27.2 Å². The molecule has 2 fully saturated rings. The van der Waals surface area contributed by atoms with Crippen LogP contribution in [0.25, 0.3) is 0 Å². The molecule has 0 aliphatic carbocycles. The minimum Gasteiger partial charge on any atom is -0.479 e. The summed E-state index contributed by atoms with van der Waals surface area (Å²) in [5.41, 5.74) is -1.79. The number of aliphatic carboxylic acids is 1. The van der Waals surface area contributed by atoms with Crippen molar-refractivity contribution in [2.45, 2.75) is 44.4 Å². The van der Waals surface area contributed by atoms with Crippen LogP contribution in [0, 0.1) is 0 Å². The molecule has 2 aliphatic rings. The molecule has 0 aromatic heterocycles. The summed E-state index contributed by atoms with van der Waals surface area (Å²) in [6.45, 7) is 5.68. The van der Waals surface area contributed by atoms with Crippen LogP contribution in [0.5, 0.6) is 0 Å². The smallest absolute Gasteiger partial charge is 0.410 e. The maximum atomic E-state index is 11.9. The molecule has 0 spiro atoms. The molecule has 6 nitrogen and oxygen atoms in total. The third-order valence-electron chi connectivity index (χ3n) is 3.00. The van der Waals surface area contributed by atoms with Crippen LogP contribution in [-0.4, -0.2) is 52.5 Å². The van der Waals surface area contributed by atoms with E-state index in [2.05, 4.69) is 0 Å². The van der Waals surface area contributed by atoms with Gasteiger partial charge < -0.3 is 14.6 Å². The molecule has 2 heterocycles. The number of carbonyl (C=O) groups excluding carboxylic acids is 1. The molecule has 2 aliphatic heterocycles. The van der Waals surface area contributed by atoms with Crippen molar-refractivity contribution < 1.29 is 24.2 Å². The van der Waals surface area contributed by atoms with Crippen molar-refractivity contribution in [3.05, 3.63) is 0 Å². The molecular formula is C11H17NO5. The van der Waals surface area contributed by atoms with Crippen molar-refractivity contribution in [3.8, 4) is 0 Å². The van der Waals surface area contributed by atoms with Gasteiger partial charge in [-0.2, -0.15) is 0 Å². The molecule has 1 N–H and O–H groups in total. The average Bonchev–Trinajstić information content (AvgIpc) is 2.72. The number of carbonyl (C=O) groups is 2. The van der Waals surface area contributed by atoms with Gasteiger partial charge in [0.25, 0.3) is 0 Å². The predicted molar refractivity (Wildman–Crippen MR) is 57.7 cm³/mol. The summed E-state index contributed by atoms with van der Waals surface area (Å²) >= 11 is 0. The van der Waals surface area contributed by atoms with E-state index in [1.54, 1.807) is 20.8 Å². The Kier molecular flexibility index (Phi) is 2.57. The minimum atomic E-state index is -1.22. The molecule has 2 unspecified atom stereocenters. The Bertz CT molecular complexity index is 361. The standard InChI is InChI=1S/C11H17NO5/c1-10(2,3)17-9(15)12-6-11(8(13)14)4-7(12)5-16-11/h7H,4-6H2,1-3H3,(H,13,14). The highest BCUT2D eigenvalue weighted by Crippen LogP contribution is 2.38. The fourth-order valence-corrected chi connectivity index (χ4v) is 2.22. The first-order valence-electron chi connectivity index (χ1n) is 5.60. The van der Waals surface area contributed by atoms with E-state index in [0.717, 1.165) is 0 Å². The van der Waals surface area contributed by atoms with Gasteiger partial charge in [0.05, 0.1) is 19.2 Å². The molecular weight excluding hydrogens is 226 g/mol. The number of fused-ring (bicyclic) bond motifs is 2. The second-order valence-corrected chi connectivity index (χ2v) is 5.58. The largest absolute Gasteiger partial charge is 0.479 e. The maximum absolute atomic E-state index is 11.9. The Morgan fingerprint density at radius 1 is 1.47 bits per heavy atom. The van der Waals surface area contributed by atoms with Gasteiger partial charge in [-0.25, -0.2) is 9.59 Å². The molecule has 2 saturated heterocycles. The van der Waals surface area contributed by atoms with E-state index >= 15 is 0 Å². The zero-order valence-electron chi connectivity index (χ0n) is 10.2. The van der Waals surface area contributed by atoms with Gasteiger partial charge in [-0.05, 0) is 20.8 Å². The number of ether oxygens (including phenoxy) is 2. The monoisotopic (exact) mass is 243 g/mol. The Morgan fingerprint density at radius 3 is 2.59 bits per heavy atom. The number of hydrogen-bond donors (Lipinski definition) is 1. The third kappa shape index (κ3) is 2.09. The molecule has 2 rings (SSSR count). The summed E-state index contributed by atoms with van der Waals surface area (Å²) in [5, 5.41) is 9.12. The highest BCUT2D eigenvalue weighted by Gasteiger charge is 2.58. The van der Waals surface area contributed by atoms with Crippen LogP contribution in [0.3, 0.4) is 0 Å². The second kappa shape index (κ2) is 3.60. The molecule has 0 aromatic carbocycles. The van der Waals surface area contributed by atoms with E-state index in [1.807, 2.05) is 0 Å². The lowest BCUT2D eigenvalue weighted by Gasteiger charge is -2.32. The molecule has 96 valence electrons. The van der Waals surface area contributed by atoms with Crippen LogP contribution in [0.2, 0.25) is 0 Å². The third-order valence-corrected chi connectivity index (χ3v) is 3.00. The number of rotatable bonds is 1. The first kappa shape index (κ1) is 12.2. The topological polar surface area (TPSA) is 76.1 Å². The first-order valence-corrected chi connectivity index (χ1v) is 5.60. The van der Waals surface area contributed by atoms with Gasteiger partial charge in [-0.15, -0.1) is 0 Å². The van der Waals surface area contributed by atoms with Crippen LogP contribution >= 0.6 is 0 Å². The predicted octanol–water partition coefficient (Wildman–Crippen LogP) is 0.849. The van der Waals surface area contributed by atoms with E-state index in [9.17, 15) is 9.59 Å². The molecule has 0 aromatic rings. The number of carboxylic acids is 1. The lowest BCUT2D eigenvalue weighted by Crippen LogP contribution is -2.50. The van der Waals surface area contributed by atoms with E-state index in [-0.39, 0.29) is 19.2 Å². The lowest BCUT2D eigenvalue weighted by molar-refractivity contribution is -0.162. The van der Waals surface area contributed by atoms with E-state index in [1.165, 1.54) is 4.90 Å². The SMILES string of the molecule is CC(C)(C)OC(=O)N1CC2(C(=O)O)CC1CO2. The van der Waals surface area contributed by atoms with Gasteiger partial charge in [0, 0.05) is 6.42 Å². The summed E-state index contributed by atoms with van der Waals surface area (Å²) in [6, 6.07) is -0.180. The Labute approximate surface area is 99.5 Å². The van der Waals surface area contributed by atoms with Gasteiger partial charge in [-0.3, -0.25) is 4.90 Å². The van der Waals surface area contributed by atoms with Crippen molar-refractivity contribution in [1.82, 2.24) is 4.90 Å². The first-order chi connectivity index (χ1) is 7.73. The molecule has 0 radical (unpaired) electrons. The zero-order chi connectivity index (χ0) is 12.8. The van der Waals surface area contributed by atoms with Crippen molar-refractivity contribution in [1.29, 1.82) is 0 Å². The van der Waals surface area contributed by atoms with Gasteiger partial charge in [0.2, 0.25) is 0 Å². The van der Waals surface area contributed by atoms with Crippen molar-refractivity contribution in [3.63, 3.8) is 0 Å². The number of amides is 1. The molecule has 0 saturated carbocycles. The van der Waals surface area contributed by atoms with Gasteiger partial charge in [0.1, 0.15) is 5.60 Å². The highest BCUT2D eigenvalue weighted by atomic mass is 16.6. The highest BCUT2D eigenvalue weighted by molar-refractivity contribution is 5.81. The summed E-state index contributed by atoms with van der Waals surface area (Å²) in [6.07, 6.45) is -0.115. The van der Waals surface area contributed by atoms with Crippen LogP contribution < -0.4 is 0 Å². The molecule has 2 bridgehead atoms. The number of nitrogens with zero attached hydrogens (tertiary/aromatic N) is 1. The quantitative estimate of drug-likeness (QED) is 0.738. The Morgan fingerprint density at radius 2 is 2.12 bits per heavy atom. The van der Waals surface area contributed by atoms with E-state index in [4.69, 9.17) is 14.6 Å². The summed E-state index contributed by atoms with van der Waals surface area (Å²) in [4.78, 5) is 24.5. The average molecular weight is 243 g/mol.